The Morgan fingerprint density at radius 2 is 0.739 bits per heavy atom. The topological polar surface area (TPSA) is 231 Å². The van der Waals surface area contributed by atoms with Gasteiger partial charge in [-0.25, -0.2) is 0 Å². The Morgan fingerprint density at radius 3 is 1.13 bits per heavy atom. The van der Waals surface area contributed by atoms with Crippen LogP contribution in [0.4, 0.5) is 0 Å². The summed E-state index contributed by atoms with van der Waals surface area (Å²) in [5, 5.41) is 72.1. The van der Waals surface area contributed by atoms with Gasteiger partial charge in [0.1, 0.15) is 55.4 Å². The molecular formula is C54H102O15. The van der Waals surface area contributed by atoms with E-state index in [2.05, 4.69) is 13.8 Å². The van der Waals surface area contributed by atoms with Crippen LogP contribution in [-0.2, 0) is 38.0 Å². The van der Waals surface area contributed by atoms with Crippen LogP contribution in [-0.4, -0.2) is 142 Å². The standard InChI is InChI=1S/C54H102O15/c1-3-5-7-9-11-13-14-15-16-17-18-19-20-21-22-23-24-25-26-27-29-31-33-35-37-46(57)67-42(39-64-45(56)36-34-32-30-28-12-10-8-6-4-2)40-65-53-52(63)50(61)48(59)44(69-53)41-66-54-51(62)49(60)47(58)43(38-55)68-54/h42-44,47-55,58-63H,3-41H2,1-2H3. The quantitative estimate of drug-likeness (QED) is 0.0223. The van der Waals surface area contributed by atoms with Crippen molar-refractivity contribution in [3.05, 3.63) is 0 Å². The molecule has 0 amide bonds. The number of esters is 2. The molecule has 15 heteroatoms. The first-order valence-electron chi connectivity index (χ1n) is 28.1. The van der Waals surface area contributed by atoms with Crippen LogP contribution in [0.3, 0.4) is 0 Å². The number of rotatable bonds is 45. The predicted molar refractivity (Wildman–Crippen MR) is 266 cm³/mol. The lowest BCUT2D eigenvalue weighted by molar-refractivity contribution is -0.332. The Labute approximate surface area is 417 Å². The second kappa shape index (κ2) is 41.9. The zero-order valence-electron chi connectivity index (χ0n) is 43.3. The highest BCUT2D eigenvalue weighted by atomic mass is 16.7. The maximum Gasteiger partial charge on any atom is 0.306 e. The molecule has 2 aliphatic rings. The van der Waals surface area contributed by atoms with Gasteiger partial charge in [-0.05, 0) is 12.8 Å². The molecule has 2 heterocycles. The highest BCUT2D eigenvalue weighted by Gasteiger charge is 2.47. The third-order valence-corrected chi connectivity index (χ3v) is 13.8. The smallest absolute Gasteiger partial charge is 0.306 e. The van der Waals surface area contributed by atoms with Gasteiger partial charge in [-0.3, -0.25) is 9.59 Å². The third-order valence-electron chi connectivity index (χ3n) is 13.8. The minimum absolute atomic E-state index is 0.174. The van der Waals surface area contributed by atoms with E-state index in [4.69, 9.17) is 28.4 Å². The molecule has 0 saturated carbocycles. The molecule has 7 N–H and O–H groups in total. The summed E-state index contributed by atoms with van der Waals surface area (Å²) in [7, 11) is 0. The van der Waals surface area contributed by atoms with Gasteiger partial charge in [-0.15, -0.1) is 0 Å². The lowest BCUT2D eigenvalue weighted by Crippen LogP contribution is -2.61. The summed E-state index contributed by atoms with van der Waals surface area (Å²) < 4.78 is 33.6. The molecule has 2 saturated heterocycles. The van der Waals surface area contributed by atoms with Gasteiger partial charge in [0.05, 0.1) is 19.8 Å². The molecule has 0 aromatic rings. The van der Waals surface area contributed by atoms with E-state index in [1.807, 2.05) is 0 Å². The van der Waals surface area contributed by atoms with Crippen molar-refractivity contribution < 1.29 is 73.8 Å². The molecule has 0 aromatic heterocycles. The molecule has 2 rings (SSSR count). The van der Waals surface area contributed by atoms with Crippen molar-refractivity contribution in [3.63, 3.8) is 0 Å². The minimum Gasteiger partial charge on any atom is -0.462 e. The maximum atomic E-state index is 13.0. The van der Waals surface area contributed by atoms with Crippen molar-refractivity contribution in [2.24, 2.45) is 0 Å². The van der Waals surface area contributed by atoms with Crippen molar-refractivity contribution in [1.29, 1.82) is 0 Å². The number of unbranched alkanes of at least 4 members (excludes halogenated alkanes) is 31. The molecule has 2 fully saturated rings. The number of hydrogen-bond acceptors (Lipinski definition) is 15. The molecule has 15 nitrogen and oxygen atoms in total. The number of aliphatic hydroxyl groups excluding tert-OH is 7. The second-order valence-electron chi connectivity index (χ2n) is 20.1. The van der Waals surface area contributed by atoms with Crippen molar-refractivity contribution in [3.8, 4) is 0 Å². The molecule has 0 aromatic carbocycles. The van der Waals surface area contributed by atoms with Crippen molar-refractivity contribution >= 4 is 11.9 Å². The lowest BCUT2D eigenvalue weighted by atomic mass is 9.98. The van der Waals surface area contributed by atoms with Gasteiger partial charge in [-0.1, -0.05) is 213 Å². The van der Waals surface area contributed by atoms with Crippen LogP contribution in [0.1, 0.15) is 239 Å². The van der Waals surface area contributed by atoms with Gasteiger partial charge in [0, 0.05) is 12.8 Å². The first kappa shape index (κ1) is 63.6. The van der Waals surface area contributed by atoms with Crippen LogP contribution >= 0.6 is 0 Å². The molecule has 0 bridgehead atoms. The summed E-state index contributed by atoms with van der Waals surface area (Å²) in [6.07, 6.45) is 24.4. The molecule has 0 spiro atoms. The van der Waals surface area contributed by atoms with Crippen molar-refractivity contribution in [2.75, 3.05) is 26.4 Å². The van der Waals surface area contributed by atoms with Crippen LogP contribution in [0, 0.1) is 0 Å². The van der Waals surface area contributed by atoms with Crippen LogP contribution in [0.25, 0.3) is 0 Å². The van der Waals surface area contributed by atoms with E-state index in [1.54, 1.807) is 0 Å². The van der Waals surface area contributed by atoms with Crippen molar-refractivity contribution in [1.82, 2.24) is 0 Å². The Balaban J connectivity index is 1.69. The van der Waals surface area contributed by atoms with Gasteiger partial charge in [0.2, 0.25) is 0 Å². The number of hydrogen-bond donors (Lipinski definition) is 7. The second-order valence-corrected chi connectivity index (χ2v) is 20.1. The van der Waals surface area contributed by atoms with Gasteiger partial charge < -0.3 is 64.2 Å². The van der Waals surface area contributed by atoms with Crippen LogP contribution in [0.5, 0.6) is 0 Å². The number of carbonyl (C=O) groups is 2. The van der Waals surface area contributed by atoms with E-state index in [-0.39, 0.29) is 26.1 Å². The number of ether oxygens (including phenoxy) is 6. The molecular weight excluding hydrogens is 889 g/mol. The summed E-state index contributed by atoms with van der Waals surface area (Å²) >= 11 is 0. The molecule has 0 aliphatic carbocycles. The highest BCUT2D eigenvalue weighted by Crippen LogP contribution is 2.27. The van der Waals surface area contributed by atoms with E-state index < -0.39 is 92.7 Å². The van der Waals surface area contributed by atoms with E-state index in [9.17, 15) is 45.3 Å². The number of aliphatic hydroxyl groups is 7. The SMILES string of the molecule is CCCCCCCCCCCCCCCCCCCCCCCCCCC(=O)OC(COC(=O)CCCCCCCCCCC)COC1OC(COC2OC(CO)C(O)C(O)C2O)C(O)C(O)C1O. The first-order chi connectivity index (χ1) is 33.5. The van der Waals surface area contributed by atoms with Crippen molar-refractivity contribution in [2.45, 2.75) is 306 Å². The predicted octanol–water partition coefficient (Wildman–Crippen LogP) is 8.78. The summed E-state index contributed by atoms with van der Waals surface area (Å²) in [5.41, 5.74) is 0. The Bertz CT molecular complexity index is 1210. The Kier molecular flexibility index (Phi) is 38.6. The zero-order chi connectivity index (χ0) is 50.3. The van der Waals surface area contributed by atoms with E-state index >= 15 is 0 Å². The van der Waals surface area contributed by atoms with Gasteiger partial charge >= 0.3 is 11.9 Å². The van der Waals surface area contributed by atoms with Gasteiger partial charge in [-0.2, -0.15) is 0 Å². The first-order valence-corrected chi connectivity index (χ1v) is 28.1. The Morgan fingerprint density at radius 1 is 0.406 bits per heavy atom. The monoisotopic (exact) mass is 991 g/mol. The molecule has 2 aliphatic heterocycles. The van der Waals surface area contributed by atoms with E-state index in [1.165, 1.54) is 161 Å². The molecule has 408 valence electrons. The van der Waals surface area contributed by atoms with E-state index in [0.29, 0.717) is 12.8 Å². The molecule has 11 atom stereocenters. The highest BCUT2D eigenvalue weighted by molar-refractivity contribution is 5.70. The summed E-state index contributed by atoms with van der Waals surface area (Å²) in [5.74, 6) is -0.911. The fourth-order valence-electron chi connectivity index (χ4n) is 9.22. The fourth-order valence-corrected chi connectivity index (χ4v) is 9.22. The normalized spacial score (nSPS) is 25.5. The third kappa shape index (κ3) is 29.7. The van der Waals surface area contributed by atoms with Gasteiger partial charge in [0.25, 0.3) is 0 Å². The molecule has 11 unspecified atom stereocenters. The maximum absolute atomic E-state index is 13.0. The average molecular weight is 991 g/mol. The van der Waals surface area contributed by atoms with Gasteiger partial charge in [0.15, 0.2) is 18.7 Å². The van der Waals surface area contributed by atoms with Crippen LogP contribution < -0.4 is 0 Å². The molecule has 69 heavy (non-hydrogen) atoms. The Hall–Kier alpha value is -1.50. The van der Waals surface area contributed by atoms with E-state index in [0.717, 1.165) is 38.5 Å². The lowest BCUT2D eigenvalue weighted by Gasteiger charge is -2.42. The largest absolute Gasteiger partial charge is 0.462 e. The summed E-state index contributed by atoms with van der Waals surface area (Å²) in [6.45, 7) is 2.61. The zero-order valence-corrected chi connectivity index (χ0v) is 43.3. The molecule has 0 radical (unpaired) electrons. The fraction of sp³-hybridized carbons (Fsp3) is 0.963. The average Bonchev–Trinajstić information content (AvgIpc) is 3.34. The van der Waals surface area contributed by atoms with Crippen LogP contribution in [0.2, 0.25) is 0 Å². The van der Waals surface area contributed by atoms with Crippen LogP contribution in [0.15, 0.2) is 0 Å². The minimum atomic E-state index is -1.76. The number of carbonyl (C=O) groups excluding carboxylic acids is 2. The summed E-state index contributed by atoms with van der Waals surface area (Å²) in [6, 6.07) is 0. The summed E-state index contributed by atoms with van der Waals surface area (Å²) in [4.78, 5) is 25.7.